The van der Waals surface area contributed by atoms with Gasteiger partial charge in [0.2, 0.25) is 5.82 Å². The molecule has 0 N–H and O–H groups in total. The van der Waals surface area contributed by atoms with Crippen molar-refractivity contribution in [3.8, 4) is 11.3 Å². The molecular formula is C15H14N4OS. The number of imidazole rings is 1. The number of thiophene rings is 1. The normalized spacial score (nSPS) is 15.0. The number of likely N-dealkylation sites (tertiary alicyclic amines) is 1. The van der Waals surface area contributed by atoms with Gasteiger partial charge in [-0.3, -0.25) is 14.2 Å². The van der Waals surface area contributed by atoms with E-state index in [9.17, 15) is 4.79 Å². The molecule has 0 aliphatic carbocycles. The molecule has 0 radical (unpaired) electrons. The van der Waals surface area contributed by atoms with E-state index in [-0.39, 0.29) is 5.91 Å². The molecule has 0 spiro atoms. The van der Waals surface area contributed by atoms with E-state index in [1.807, 2.05) is 32.3 Å². The summed E-state index contributed by atoms with van der Waals surface area (Å²) in [6.45, 7) is 1.65. The second kappa shape index (κ2) is 4.96. The van der Waals surface area contributed by atoms with Crippen molar-refractivity contribution >= 4 is 22.8 Å². The molecule has 0 aromatic carbocycles. The van der Waals surface area contributed by atoms with Gasteiger partial charge in [-0.05, 0) is 24.3 Å². The second-order valence-corrected chi connectivity index (χ2v) is 5.91. The molecule has 3 aromatic rings. The van der Waals surface area contributed by atoms with Crippen LogP contribution in [0.1, 0.15) is 23.5 Å². The number of hydrogen-bond donors (Lipinski definition) is 0. The van der Waals surface area contributed by atoms with Crippen molar-refractivity contribution in [2.75, 3.05) is 13.1 Å². The summed E-state index contributed by atoms with van der Waals surface area (Å²) in [5.74, 6) is 0.491. The van der Waals surface area contributed by atoms with Crippen LogP contribution < -0.4 is 0 Å². The van der Waals surface area contributed by atoms with Crippen molar-refractivity contribution in [1.82, 2.24) is 19.3 Å². The highest BCUT2D eigenvalue weighted by atomic mass is 32.1. The fourth-order valence-corrected chi connectivity index (χ4v) is 3.40. The van der Waals surface area contributed by atoms with Crippen LogP contribution >= 0.6 is 11.3 Å². The molecule has 106 valence electrons. The first-order valence-electron chi connectivity index (χ1n) is 6.98. The maximum absolute atomic E-state index is 12.7. The zero-order chi connectivity index (χ0) is 14.2. The molecule has 4 heterocycles. The molecular weight excluding hydrogens is 284 g/mol. The van der Waals surface area contributed by atoms with E-state index >= 15 is 0 Å². The Kier molecular flexibility index (Phi) is 2.96. The molecule has 0 atom stereocenters. The van der Waals surface area contributed by atoms with Crippen LogP contribution in [0.4, 0.5) is 0 Å². The molecule has 1 aliphatic rings. The first kappa shape index (κ1) is 12.5. The fourth-order valence-electron chi connectivity index (χ4n) is 2.76. The predicted octanol–water partition coefficient (Wildman–Crippen LogP) is 2.69. The Labute approximate surface area is 125 Å². The maximum atomic E-state index is 12.7. The number of rotatable bonds is 2. The van der Waals surface area contributed by atoms with Gasteiger partial charge in [0.1, 0.15) is 0 Å². The molecule has 4 rings (SSSR count). The van der Waals surface area contributed by atoms with Crippen LogP contribution in [-0.2, 0) is 0 Å². The summed E-state index contributed by atoms with van der Waals surface area (Å²) in [5.41, 5.74) is 2.73. The predicted molar refractivity (Wildman–Crippen MR) is 81.4 cm³/mol. The van der Waals surface area contributed by atoms with Crippen LogP contribution in [0.15, 0.2) is 35.4 Å². The van der Waals surface area contributed by atoms with Crippen LogP contribution in [0, 0.1) is 0 Å². The van der Waals surface area contributed by atoms with Gasteiger partial charge in [0.15, 0.2) is 0 Å². The zero-order valence-corrected chi connectivity index (χ0v) is 12.2. The Morgan fingerprint density at radius 2 is 2.14 bits per heavy atom. The van der Waals surface area contributed by atoms with Gasteiger partial charge in [-0.2, -0.15) is 11.3 Å². The maximum Gasteiger partial charge on any atom is 0.290 e. The van der Waals surface area contributed by atoms with Gasteiger partial charge >= 0.3 is 0 Å². The minimum absolute atomic E-state index is 0.00943. The summed E-state index contributed by atoms with van der Waals surface area (Å²) < 4.78 is 1.85. The quantitative estimate of drug-likeness (QED) is 0.731. The van der Waals surface area contributed by atoms with E-state index in [2.05, 4.69) is 9.97 Å². The van der Waals surface area contributed by atoms with Crippen LogP contribution in [-0.4, -0.2) is 38.3 Å². The molecule has 1 saturated heterocycles. The monoisotopic (exact) mass is 298 g/mol. The first-order chi connectivity index (χ1) is 10.3. The van der Waals surface area contributed by atoms with Crippen LogP contribution in [0.25, 0.3) is 16.8 Å². The average molecular weight is 298 g/mol. The molecule has 3 aromatic heterocycles. The Bertz CT molecular complexity index is 787. The summed E-state index contributed by atoms with van der Waals surface area (Å²) >= 11 is 1.62. The molecule has 21 heavy (non-hydrogen) atoms. The molecule has 1 fully saturated rings. The molecule has 6 heteroatoms. The van der Waals surface area contributed by atoms with E-state index in [1.165, 1.54) is 0 Å². The minimum atomic E-state index is 0.00943. The van der Waals surface area contributed by atoms with Crippen molar-refractivity contribution in [2.45, 2.75) is 12.8 Å². The SMILES string of the molecule is O=C(c1nc(-c2ccsc2)c2cnccn12)N1CCCC1. The first-order valence-corrected chi connectivity index (χ1v) is 7.93. The minimum Gasteiger partial charge on any atom is -0.336 e. The van der Waals surface area contributed by atoms with Gasteiger partial charge in [0.25, 0.3) is 5.91 Å². The molecule has 0 saturated carbocycles. The Morgan fingerprint density at radius 3 is 2.90 bits per heavy atom. The van der Waals surface area contributed by atoms with Crippen molar-refractivity contribution < 1.29 is 4.79 Å². The van der Waals surface area contributed by atoms with Gasteiger partial charge < -0.3 is 4.90 Å². The topological polar surface area (TPSA) is 50.5 Å². The standard InChI is InChI=1S/C15H14N4OS/c20-15(18-5-1-2-6-18)14-17-13(11-3-8-21-10-11)12-9-16-4-7-19(12)14/h3-4,7-10H,1-2,5-6H2. The van der Waals surface area contributed by atoms with Gasteiger partial charge in [0, 0.05) is 36.4 Å². The van der Waals surface area contributed by atoms with Gasteiger partial charge in [-0.15, -0.1) is 0 Å². The van der Waals surface area contributed by atoms with E-state index in [0.717, 1.165) is 42.7 Å². The van der Waals surface area contributed by atoms with Crippen LogP contribution in [0.5, 0.6) is 0 Å². The van der Waals surface area contributed by atoms with E-state index in [4.69, 9.17) is 0 Å². The van der Waals surface area contributed by atoms with Crippen LogP contribution in [0.2, 0.25) is 0 Å². The zero-order valence-electron chi connectivity index (χ0n) is 11.4. The Morgan fingerprint density at radius 1 is 1.29 bits per heavy atom. The third kappa shape index (κ3) is 2.03. The Hall–Kier alpha value is -2.21. The number of fused-ring (bicyclic) bond motifs is 1. The van der Waals surface area contributed by atoms with E-state index < -0.39 is 0 Å². The lowest BCUT2D eigenvalue weighted by Crippen LogP contribution is -2.29. The lowest BCUT2D eigenvalue weighted by Gasteiger charge is -2.13. The number of aromatic nitrogens is 3. The fraction of sp³-hybridized carbons (Fsp3) is 0.267. The third-order valence-electron chi connectivity index (χ3n) is 3.83. The van der Waals surface area contributed by atoms with E-state index in [0.29, 0.717) is 5.82 Å². The molecule has 1 amide bonds. The van der Waals surface area contributed by atoms with Crippen LogP contribution in [0.3, 0.4) is 0 Å². The largest absolute Gasteiger partial charge is 0.336 e. The van der Waals surface area contributed by atoms with Gasteiger partial charge in [-0.25, -0.2) is 4.98 Å². The highest BCUT2D eigenvalue weighted by Crippen LogP contribution is 2.27. The smallest absolute Gasteiger partial charge is 0.290 e. The number of nitrogens with zero attached hydrogens (tertiary/aromatic N) is 4. The van der Waals surface area contributed by atoms with Crippen molar-refractivity contribution in [3.63, 3.8) is 0 Å². The molecule has 5 nitrogen and oxygen atoms in total. The van der Waals surface area contributed by atoms with Crippen molar-refractivity contribution in [1.29, 1.82) is 0 Å². The third-order valence-corrected chi connectivity index (χ3v) is 4.51. The molecule has 1 aliphatic heterocycles. The Balaban J connectivity index is 1.87. The molecule has 0 bridgehead atoms. The average Bonchev–Trinajstić information content (AvgIpc) is 3.25. The molecule has 0 unspecified atom stereocenters. The summed E-state index contributed by atoms with van der Waals surface area (Å²) in [4.78, 5) is 23.3. The van der Waals surface area contributed by atoms with Crippen molar-refractivity contribution in [2.24, 2.45) is 0 Å². The van der Waals surface area contributed by atoms with Crippen molar-refractivity contribution in [3.05, 3.63) is 41.2 Å². The number of hydrogen-bond acceptors (Lipinski definition) is 4. The summed E-state index contributed by atoms with van der Waals surface area (Å²) in [6, 6.07) is 2.02. The lowest BCUT2D eigenvalue weighted by molar-refractivity contribution is 0.0780. The second-order valence-electron chi connectivity index (χ2n) is 5.13. The highest BCUT2D eigenvalue weighted by molar-refractivity contribution is 7.08. The van der Waals surface area contributed by atoms with E-state index in [1.54, 1.807) is 23.7 Å². The van der Waals surface area contributed by atoms with Gasteiger partial charge in [0.05, 0.1) is 17.4 Å². The van der Waals surface area contributed by atoms with Gasteiger partial charge in [-0.1, -0.05) is 0 Å². The summed E-state index contributed by atoms with van der Waals surface area (Å²) in [6.07, 6.45) is 7.41. The summed E-state index contributed by atoms with van der Waals surface area (Å²) in [7, 11) is 0. The summed E-state index contributed by atoms with van der Waals surface area (Å²) in [5, 5.41) is 4.05. The highest BCUT2D eigenvalue weighted by Gasteiger charge is 2.25. The number of amides is 1. The number of carbonyl (C=O) groups is 1. The lowest BCUT2D eigenvalue weighted by atomic mass is 10.2. The number of carbonyl (C=O) groups excluding carboxylic acids is 1.